The molecule has 0 atom stereocenters. The number of nitrogens with one attached hydrogen (secondary N) is 1. The quantitative estimate of drug-likeness (QED) is 0.710. The van der Waals surface area contributed by atoms with Gasteiger partial charge in [-0.1, -0.05) is 30.3 Å². The van der Waals surface area contributed by atoms with Crippen molar-refractivity contribution >= 4 is 33.4 Å². The van der Waals surface area contributed by atoms with E-state index >= 15 is 0 Å². The van der Waals surface area contributed by atoms with Gasteiger partial charge in [-0.05, 0) is 32.4 Å². The van der Waals surface area contributed by atoms with Crippen molar-refractivity contribution in [3.63, 3.8) is 0 Å². The van der Waals surface area contributed by atoms with E-state index in [2.05, 4.69) is 22.5 Å². The van der Waals surface area contributed by atoms with E-state index in [1.54, 1.807) is 7.05 Å². The molecule has 2 aromatic heterocycles. The molecule has 2 heterocycles. The Hall–Kier alpha value is -2.67. The van der Waals surface area contributed by atoms with Crippen molar-refractivity contribution in [1.29, 1.82) is 0 Å². The zero-order chi connectivity index (χ0) is 19.6. The maximum atomic E-state index is 12.7. The second-order valence-corrected chi connectivity index (χ2v) is 7.97. The normalized spacial score (nSPS) is 11.1. The summed E-state index contributed by atoms with van der Waals surface area (Å²) in [6, 6.07) is 12.0. The molecule has 0 unspecified atom stereocenters. The van der Waals surface area contributed by atoms with Crippen LogP contribution in [0.1, 0.15) is 34.8 Å². The molecule has 2 amide bonds. The molecule has 0 saturated carbocycles. The molecule has 27 heavy (non-hydrogen) atoms. The fraction of sp³-hybridized carbons (Fsp3) is 0.350. The minimum atomic E-state index is -0.159. The molecule has 0 fully saturated rings. The molecule has 1 aromatic carbocycles. The van der Waals surface area contributed by atoms with Crippen LogP contribution in [0.25, 0.3) is 10.2 Å². The molecule has 0 bridgehead atoms. The van der Waals surface area contributed by atoms with Crippen LogP contribution >= 0.6 is 11.3 Å². The van der Waals surface area contributed by atoms with Crippen LogP contribution in [-0.4, -0.2) is 46.1 Å². The van der Waals surface area contributed by atoms with Crippen LogP contribution in [0, 0.1) is 6.92 Å². The number of rotatable bonds is 6. The molecule has 0 aliphatic rings. The van der Waals surface area contributed by atoms with E-state index in [4.69, 9.17) is 0 Å². The summed E-state index contributed by atoms with van der Waals surface area (Å²) >= 11 is 1.42. The SMILES string of the molecule is Cc1nn(Cc2ccccc2)c2sc(C(=O)N(C)CC(=O)NC(C)C)cc12. The molecule has 3 rings (SSSR count). The Morgan fingerprint density at radius 1 is 1.26 bits per heavy atom. The molecule has 0 saturated heterocycles. The highest BCUT2D eigenvalue weighted by atomic mass is 32.1. The minimum Gasteiger partial charge on any atom is -0.352 e. The molecule has 6 nitrogen and oxygen atoms in total. The molecule has 0 radical (unpaired) electrons. The number of likely N-dealkylation sites (N-methyl/N-ethyl adjacent to an activating group) is 1. The van der Waals surface area contributed by atoms with Crippen LogP contribution in [0.5, 0.6) is 0 Å². The lowest BCUT2D eigenvalue weighted by Gasteiger charge is -2.17. The summed E-state index contributed by atoms with van der Waals surface area (Å²) < 4.78 is 1.94. The van der Waals surface area contributed by atoms with Gasteiger partial charge in [-0.15, -0.1) is 11.3 Å². The first-order valence-corrected chi connectivity index (χ1v) is 9.72. The molecule has 0 aliphatic heterocycles. The number of fused-ring (bicyclic) bond motifs is 1. The van der Waals surface area contributed by atoms with Crippen molar-refractivity contribution in [3.05, 3.63) is 52.5 Å². The highest BCUT2D eigenvalue weighted by molar-refractivity contribution is 7.20. The van der Waals surface area contributed by atoms with E-state index in [9.17, 15) is 9.59 Å². The Balaban J connectivity index is 1.81. The predicted molar refractivity (Wildman–Crippen MR) is 108 cm³/mol. The average molecular weight is 385 g/mol. The van der Waals surface area contributed by atoms with E-state index in [-0.39, 0.29) is 24.4 Å². The third kappa shape index (κ3) is 4.36. The van der Waals surface area contributed by atoms with Crippen LogP contribution in [-0.2, 0) is 11.3 Å². The second-order valence-electron chi connectivity index (χ2n) is 6.94. The van der Waals surface area contributed by atoms with Crippen LogP contribution in [0.4, 0.5) is 0 Å². The summed E-state index contributed by atoms with van der Waals surface area (Å²) in [5.41, 5.74) is 2.06. The fourth-order valence-corrected chi connectivity index (χ4v) is 4.08. The number of aryl methyl sites for hydroxylation is 1. The van der Waals surface area contributed by atoms with Crippen LogP contribution in [0.3, 0.4) is 0 Å². The van der Waals surface area contributed by atoms with Gasteiger partial charge in [0.1, 0.15) is 4.83 Å². The van der Waals surface area contributed by atoms with Crippen LogP contribution in [0.15, 0.2) is 36.4 Å². The van der Waals surface area contributed by atoms with E-state index in [0.717, 1.165) is 21.5 Å². The number of nitrogens with zero attached hydrogens (tertiary/aromatic N) is 3. The number of thiophene rings is 1. The van der Waals surface area contributed by atoms with E-state index in [1.165, 1.54) is 16.2 Å². The first-order chi connectivity index (χ1) is 12.8. The molecule has 7 heteroatoms. The topological polar surface area (TPSA) is 67.2 Å². The van der Waals surface area contributed by atoms with E-state index in [0.29, 0.717) is 11.4 Å². The summed E-state index contributed by atoms with van der Waals surface area (Å²) in [4.78, 5) is 27.7. The summed E-state index contributed by atoms with van der Waals surface area (Å²) in [6.07, 6.45) is 0. The van der Waals surface area contributed by atoms with Crippen molar-refractivity contribution in [2.75, 3.05) is 13.6 Å². The lowest BCUT2D eigenvalue weighted by molar-refractivity contribution is -0.122. The molecule has 142 valence electrons. The number of carbonyl (C=O) groups is 2. The number of hydrogen-bond acceptors (Lipinski definition) is 4. The van der Waals surface area contributed by atoms with Crippen molar-refractivity contribution in [2.45, 2.75) is 33.4 Å². The number of benzene rings is 1. The third-order valence-electron chi connectivity index (χ3n) is 4.17. The van der Waals surface area contributed by atoms with Gasteiger partial charge < -0.3 is 10.2 Å². The van der Waals surface area contributed by atoms with Gasteiger partial charge in [0.05, 0.1) is 23.7 Å². The van der Waals surface area contributed by atoms with Crippen molar-refractivity contribution in [2.24, 2.45) is 0 Å². The Labute approximate surface area is 162 Å². The lowest BCUT2D eigenvalue weighted by Crippen LogP contribution is -2.40. The maximum Gasteiger partial charge on any atom is 0.264 e. The van der Waals surface area contributed by atoms with E-state index in [1.807, 2.05) is 49.7 Å². The van der Waals surface area contributed by atoms with Gasteiger partial charge in [-0.25, -0.2) is 0 Å². The molecular formula is C20H24N4O2S. The molecule has 0 aliphatic carbocycles. The van der Waals surface area contributed by atoms with Crippen molar-refractivity contribution in [3.8, 4) is 0 Å². The Morgan fingerprint density at radius 3 is 2.63 bits per heavy atom. The molecular weight excluding hydrogens is 360 g/mol. The summed E-state index contributed by atoms with van der Waals surface area (Å²) in [5, 5.41) is 8.40. The third-order valence-corrected chi connectivity index (χ3v) is 5.31. The Morgan fingerprint density at radius 2 is 1.96 bits per heavy atom. The maximum absolute atomic E-state index is 12.7. The van der Waals surface area contributed by atoms with E-state index < -0.39 is 0 Å². The summed E-state index contributed by atoms with van der Waals surface area (Å²) in [7, 11) is 1.65. The first kappa shape index (κ1) is 19.1. The van der Waals surface area contributed by atoms with Crippen molar-refractivity contribution in [1.82, 2.24) is 20.0 Å². The van der Waals surface area contributed by atoms with Gasteiger partial charge in [0.25, 0.3) is 5.91 Å². The van der Waals surface area contributed by atoms with Crippen molar-refractivity contribution < 1.29 is 9.59 Å². The van der Waals surface area contributed by atoms with Gasteiger partial charge in [0.15, 0.2) is 0 Å². The number of aromatic nitrogens is 2. The fourth-order valence-electron chi connectivity index (χ4n) is 2.92. The van der Waals surface area contributed by atoms with Gasteiger partial charge in [-0.3, -0.25) is 14.3 Å². The number of hydrogen-bond donors (Lipinski definition) is 1. The number of amides is 2. The lowest BCUT2D eigenvalue weighted by atomic mass is 10.2. The standard InChI is InChI=1S/C20H24N4O2S/c1-13(2)21-18(25)12-23(4)19(26)17-10-16-14(3)22-24(20(16)27-17)11-15-8-6-5-7-9-15/h5-10,13H,11-12H2,1-4H3,(H,21,25). The highest BCUT2D eigenvalue weighted by Gasteiger charge is 2.20. The van der Waals surface area contributed by atoms with Gasteiger partial charge in [0, 0.05) is 18.5 Å². The predicted octanol–water partition coefficient (Wildman–Crippen LogP) is 3.05. The summed E-state index contributed by atoms with van der Waals surface area (Å²) in [6.45, 7) is 6.44. The molecule has 0 spiro atoms. The van der Waals surface area contributed by atoms with Gasteiger partial charge >= 0.3 is 0 Å². The minimum absolute atomic E-state index is 0.0420. The van der Waals surface area contributed by atoms with Crippen LogP contribution in [0.2, 0.25) is 0 Å². The zero-order valence-electron chi connectivity index (χ0n) is 16.0. The second kappa shape index (κ2) is 7.92. The molecule has 1 N–H and O–H groups in total. The first-order valence-electron chi connectivity index (χ1n) is 8.91. The van der Waals surface area contributed by atoms with Gasteiger partial charge in [-0.2, -0.15) is 5.10 Å². The Bertz CT molecular complexity index is 959. The zero-order valence-corrected chi connectivity index (χ0v) is 16.8. The van der Waals surface area contributed by atoms with Gasteiger partial charge in [0.2, 0.25) is 5.91 Å². The summed E-state index contributed by atoms with van der Waals surface area (Å²) in [5.74, 6) is -0.311. The smallest absolute Gasteiger partial charge is 0.264 e. The largest absolute Gasteiger partial charge is 0.352 e. The average Bonchev–Trinajstić information content (AvgIpc) is 3.16. The van der Waals surface area contributed by atoms with Crippen LogP contribution < -0.4 is 5.32 Å². The Kier molecular flexibility index (Phi) is 5.60. The number of carbonyl (C=O) groups excluding carboxylic acids is 2. The molecule has 3 aromatic rings. The highest BCUT2D eigenvalue weighted by Crippen LogP contribution is 2.29. The monoisotopic (exact) mass is 384 g/mol.